The van der Waals surface area contributed by atoms with E-state index < -0.39 is 34.9 Å². The van der Waals surface area contributed by atoms with Crippen LogP contribution in [-0.2, 0) is 14.3 Å². The number of methoxy groups -OCH3 is 1. The first-order chi connectivity index (χ1) is 16.8. The summed E-state index contributed by atoms with van der Waals surface area (Å²) in [6, 6.07) is 10.9. The Hall–Kier alpha value is -3.57. The molecule has 3 aromatic rings. The van der Waals surface area contributed by atoms with E-state index in [0.717, 1.165) is 16.2 Å². The Morgan fingerprint density at radius 1 is 1.11 bits per heavy atom. The molecule has 3 unspecified atom stereocenters. The number of benzene rings is 2. The van der Waals surface area contributed by atoms with E-state index in [1.54, 1.807) is 31.2 Å². The van der Waals surface area contributed by atoms with Crippen molar-refractivity contribution in [3.63, 3.8) is 0 Å². The molecule has 3 atom stereocenters. The Morgan fingerprint density at radius 2 is 1.86 bits per heavy atom. The van der Waals surface area contributed by atoms with E-state index >= 15 is 0 Å². The smallest absolute Gasteiger partial charge is 0.338 e. The molecule has 2 aromatic carbocycles. The first kappa shape index (κ1) is 23.2. The molecule has 3 heterocycles. The Bertz CT molecular complexity index is 1400. The summed E-state index contributed by atoms with van der Waals surface area (Å²) in [7, 11) is 1.42. The van der Waals surface area contributed by atoms with Gasteiger partial charge in [-0.2, -0.15) is 0 Å². The second kappa shape index (κ2) is 8.90. The van der Waals surface area contributed by atoms with Crippen LogP contribution in [0.5, 0.6) is 11.5 Å². The highest BCUT2D eigenvalue weighted by molar-refractivity contribution is 8.00. The Kier molecular flexibility index (Phi) is 5.89. The topological polar surface area (TPSA) is 126 Å². The zero-order valence-corrected chi connectivity index (χ0v) is 20.3. The minimum Gasteiger partial charge on any atom is -0.504 e. The van der Waals surface area contributed by atoms with Crippen molar-refractivity contribution in [1.29, 1.82) is 0 Å². The molecule has 1 saturated heterocycles. The SMILES string of the molecule is CCOC(=O)c1ccc(N2C(=O)C3Sc4[nH]c(=O)sc4C(c4ccc(O)c(OC)c4)C3C2=O)cc1. The van der Waals surface area contributed by atoms with Crippen LogP contribution >= 0.6 is 23.1 Å². The zero-order valence-electron chi connectivity index (χ0n) is 18.6. The van der Waals surface area contributed by atoms with Gasteiger partial charge < -0.3 is 19.6 Å². The number of fused-ring (bicyclic) bond motifs is 2. The van der Waals surface area contributed by atoms with Crippen LogP contribution < -0.4 is 14.5 Å². The maximum absolute atomic E-state index is 13.7. The predicted octanol–water partition coefficient (Wildman–Crippen LogP) is 3.12. The van der Waals surface area contributed by atoms with Gasteiger partial charge in [0.05, 0.1) is 35.9 Å². The molecule has 0 bridgehead atoms. The molecular formula is C24H20N2O7S2. The molecule has 0 spiro atoms. The minimum absolute atomic E-state index is 0.0578. The number of esters is 1. The van der Waals surface area contributed by atoms with Crippen molar-refractivity contribution >= 4 is 46.6 Å². The number of imide groups is 1. The lowest BCUT2D eigenvalue weighted by Crippen LogP contribution is -2.32. The van der Waals surface area contributed by atoms with Crippen LogP contribution in [0.4, 0.5) is 5.69 Å². The van der Waals surface area contributed by atoms with E-state index in [1.807, 2.05) is 0 Å². The zero-order chi connectivity index (χ0) is 24.9. The monoisotopic (exact) mass is 512 g/mol. The Labute approximate surface area is 207 Å². The number of aromatic amines is 1. The van der Waals surface area contributed by atoms with Gasteiger partial charge in [-0.1, -0.05) is 29.2 Å². The van der Waals surface area contributed by atoms with Crippen molar-refractivity contribution in [3.8, 4) is 11.5 Å². The molecule has 9 nitrogen and oxygen atoms in total. The highest BCUT2D eigenvalue weighted by Gasteiger charge is 2.56. The third-order valence-corrected chi connectivity index (χ3v) is 8.42. The Balaban J connectivity index is 1.56. The van der Waals surface area contributed by atoms with E-state index in [0.29, 0.717) is 26.7 Å². The molecule has 2 amide bonds. The molecule has 35 heavy (non-hydrogen) atoms. The number of hydrogen-bond donors (Lipinski definition) is 2. The first-order valence-electron chi connectivity index (χ1n) is 10.8. The van der Waals surface area contributed by atoms with E-state index in [9.17, 15) is 24.3 Å². The maximum Gasteiger partial charge on any atom is 0.338 e. The number of H-pyrrole nitrogens is 1. The summed E-state index contributed by atoms with van der Waals surface area (Å²) in [5.74, 6) is -2.48. The second-order valence-corrected chi connectivity index (χ2v) is 10.1. The number of amides is 2. The molecule has 2 N–H and O–H groups in total. The summed E-state index contributed by atoms with van der Waals surface area (Å²) in [5, 5.41) is 9.85. The largest absolute Gasteiger partial charge is 0.504 e. The van der Waals surface area contributed by atoms with Crippen LogP contribution in [0.25, 0.3) is 0 Å². The molecule has 11 heteroatoms. The average molecular weight is 513 g/mol. The van der Waals surface area contributed by atoms with E-state index in [2.05, 4.69) is 4.98 Å². The fourth-order valence-electron chi connectivity index (χ4n) is 4.48. The molecule has 1 aromatic heterocycles. The van der Waals surface area contributed by atoms with Crippen molar-refractivity contribution in [2.45, 2.75) is 23.1 Å². The van der Waals surface area contributed by atoms with Crippen molar-refractivity contribution < 1.29 is 29.0 Å². The van der Waals surface area contributed by atoms with Gasteiger partial charge in [0.2, 0.25) is 11.8 Å². The van der Waals surface area contributed by atoms with E-state index in [1.165, 1.54) is 37.1 Å². The molecule has 2 aliphatic heterocycles. The Morgan fingerprint density at radius 3 is 2.54 bits per heavy atom. The number of nitrogens with zero attached hydrogens (tertiary/aromatic N) is 1. The summed E-state index contributed by atoms with van der Waals surface area (Å²) >= 11 is 2.17. The average Bonchev–Trinajstić information content (AvgIpc) is 3.34. The molecule has 1 fully saturated rings. The molecule has 2 aliphatic rings. The number of aromatic hydroxyl groups is 1. The van der Waals surface area contributed by atoms with Crippen LogP contribution in [0.1, 0.15) is 33.6 Å². The number of anilines is 1. The number of thiazole rings is 1. The van der Waals surface area contributed by atoms with Gasteiger partial charge in [0.1, 0.15) is 5.25 Å². The van der Waals surface area contributed by atoms with Crippen LogP contribution in [-0.4, -0.2) is 46.8 Å². The van der Waals surface area contributed by atoms with Crippen LogP contribution in [0.2, 0.25) is 0 Å². The summed E-state index contributed by atoms with van der Waals surface area (Å²) in [5.41, 5.74) is 1.31. The maximum atomic E-state index is 13.7. The van der Waals surface area contributed by atoms with Crippen LogP contribution in [0.3, 0.4) is 0 Å². The van der Waals surface area contributed by atoms with Gasteiger partial charge in [-0.25, -0.2) is 9.69 Å². The van der Waals surface area contributed by atoms with E-state index in [-0.39, 0.29) is 23.0 Å². The normalized spacial score (nSPS) is 21.0. The lowest BCUT2D eigenvalue weighted by molar-refractivity contribution is -0.122. The van der Waals surface area contributed by atoms with Crippen LogP contribution in [0, 0.1) is 5.92 Å². The van der Waals surface area contributed by atoms with Gasteiger partial charge in [0.15, 0.2) is 11.5 Å². The molecule has 0 radical (unpaired) electrons. The summed E-state index contributed by atoms with van der Waals surface area (Å²) in [6.07, 6.45) is 0. The molecular weight excluding hydrogens is 492 g/mol. The summed E-state index contributed by atoms with van der Waals surface area (Å²) < 4.78 is 10.2. The lowest BCUT2D eigenvalue weighted by Gasteiger charge is -2.30. The lowest BCUT2D eigenvalue weighted by atomic mass is 9.83. The summed E-state index contributed by atoms with van der Waals surface area (Å²) in [4.78, 5) is 55.7. The fraction of sp³-hybridized carbons (Fsp3) is 0.250. The number of carbonyl (C=O) groups is 3. The highest BCUT2D eigenvalue weighted by Crippen LogP contribution is 2.53. The second-order valence-electron chi connectivity index (χ2n) is 7.96. The quantitative estimate of drug-likeness (QED) is 0.395. The fourth-order valence-corrected chi connectivity index (χ4v) is 6.99. The van der Waals surface area contributed by atoms with Crippen molar-refractivity contribution in [3.05, 3.63) is 68.1 Å². The molecule has 180 valence electrons. The number of aromatic nitrogens is 1. The standard InChI is InChI=1S/C24H20N2O7S2/c1-3-33-23(30)11-4-7-13(8-5-11)26-21(28)17-16(12-6-9-14(27)15(10-12)32-2)18-20(25-24(31)35-18)34-19(17)22(26)29/h4-10,16-17,19,27H,3H2,1-2H3,(H,25,31). The third-order valence-electron chi connectivity index (χ3n) is 6.02. The third kappa shape index (κ3) is 3.80. The van der Waals surface area contributed by atoms with Gasteiger partial charge in [-0.15, -0.1) is 0 Å². The highest BCUT2D eigenvalue weighted by atomic mass is 32.2. The van der Waals surface area contributed by atoms with Gasteiger partial charge in [0, 0.05) is 10.8 Å². The number of ether oxygens (including phenoxy) is 2. The van der Waals surface area contributed by atoms with Gasteiger partial charge >= 0.3 is 10.8 Å². The van der Waals surface area contributed by atoms with Crippen molar-refractivity contribution in [2.75, 3.05) is 18.6 Å². The number of thioether (sulfide) groups is 1. The van der Waals surface area contributed by atoms with Gasteiger partial charge in [-0.3, -0.25) is 14.4 Å². The number of phenolic OH excluding ortho intramolecular Hbond substituents is 1. The minimum atomic E-state index is -0.773. The number of phenols is 1. The molecule has 0 saturated carbocycles. The van der Waals surface area contributed by atoms with Gasteiger partial charge in [0.25, 0.3) is 0 Å². The van der Waals surface area contributed by atoms with Crippen molar-refractivity contribution in [2.24, 2.45) is 5.92 Å². The number of rotatable bonds is 5. The van der Waals surface area contributed by atoms with Crippen LogP contribution in [0.15, 0.2) is 52.3 Å². The first-order valence-corrected chi connectivity index (χ1v) is 12.4. The van der Waals surface area contributed by atoms with Crippen molar-refractivity contribution in [1.82, 2.24) is 4.98 Å². The number of nitrogens with one attached hydrogen (secondary N) is 1. The number of carbonyl (C=O) groups excluding carboxylic acids is 3. The molecule has 0 aliphatic carbocycles. The summed E-state index contributed by atoms with van der Waals surface area (Å²) in [6.45, 7) is 1.94. The number of hydrogen-bond acceptors (Lipinski definition) is 9. The predicted molar refractivity (Wildman–Crippen MR) is 129 cm³/mol. The molecule has 5 rings (SSSR count). The van der Waals surface area contributed by atoms with E-state index in [4.69, 9.17) is 9.47 Å². The van der Waals surface area contributed by atoms with Gasteiger partial charge in [-0.05, 0) is 48.9 Å².